The first kappa shape index (κ1) is 47.5. The number of unbranched alkanes of at least 4 members (excludes halogenated alkanes) is 2. The molecule has 2 heterocycles. The van der Waals surface area contributed by atoms with Gasteiger partial charge in [-0.3, -0.25) is 4.90 Å². The van der Waals surface area contributed by atoms with E-state index in [0.29, 0.717) is 47.3 Å². The molecule has 0 aromatic heterocycles. The lowest BCUT2D eigenvalue weighted by Crippen LogP contribution is -2.70. The van der Waals surface area contributed by atoms with Crippen LogP contribution < -0.4 is 18.9 Å². The summed E-state index contributed by atoms with van der Waals surface area (Å²) >= 11 is 0. The molecular formula is C57H62N2O10. The normalized spacial score (nSPS) is 22.4. The van der Waals surface area contributed by atoms with Gasteiger partial charge in [-0.1, -0.05) is 109 Å². The summed E-state index contributed by atoms with van der Waals surface area (Å²) in [5.41, 5.74) is 6.54. The molecule has 5 aromatic carbocycles. The smallest absolute Gasteiger partial charge is 0.410 e. The van der Waals surface area contributed by atoms with E-state index >= 15 is 0 Å². The van der Waals surface area contributed by atoms with Gasteiger partial charge in [-0.2, -0.15) is 0 Å². The Morgan fingerprint density at radius 2 is 1.52 bits per heavy atom. The average molecular weight is 935 g/mol. The van der Waals surface area contributed by atoms with Crippen molar-refractivity contribution in [3.05, 3.63) is 162 Å². The number of carbonyl (C=O) groups is 1. The summed E-state index contributed by atoms with van der Waals surface area (Å²) < 4.78 is 38.7. The summed E-state index contributed by atoms with van der Waals surface area (Å²) in [6, 6.07) is 39.1. The zero-order valence-electron chi connectivity index (χ0n) is 39.2. The lowest BCUT2D eigenvalue weighted by molar-refractivity contribution is -0.256. The highest BCUT2D eigenvalue weighted by molar-refractivity contribution is 6.03. The van der Waals surface area contributed by atoms with Crippen LogP contribution in [0.15, 0.2) is 151 Å². The number of hydrogen-bond acceptors (Lipinski definition) is 11. The van der Waals surface area contributed by atoms with Crippen LogP contribution in [0.2, 0.25) is 0 Å². The molecule has 0 saturated heterocycles. The minimum atomic E-state index is -1.49. The molecule has 9 rings (SSSR count). The topological polar surface area (TPSA) is 138 Å². The van der Waals surface area contributed by atoms with E-state index in [4.69, 9.17) is 38.4 Å². The summed E-state index contributed by atoms with van der Waals surface area (Å²) in [7, 11) is 0. The number of fused-ring (bicyclic) bond motifs is 3. The van der Waals surface area contributed by atoms with Crippen molar-refractivity contribution < 1.29 is 48.3 Å². The lowest BCUT2D eigenvalue weighted by atomic mass is 9.55. The van der Waals surface area contributed by atoms with Crippen LogP contribution in [0.5, 0.6) is 28.7 Å². The van der Waals surface area contributed by atoms with Crippen LogP contribution in [0.25, 0.3) is 11.1 Å². The van der Waals surface area contributed by atoms with Crippen molar-refractivity contribution in [2.24, 2.45) is 22.9 Å². The van der Waals surface area contributed by atoms with Gasteiger partial charge >= 0.3 is 6.09 Å². The van der Waals surface area contributed by atoms with E-state index in [2.05, 4.69) is 43.0 Å². The SMILES string of the molecule is C=CCOC12Oc3ccc(Oc4ccc(-c5ccccc5)cc4)cc3C3C(CCCCO)C(CCCCO)C=C(C(=NOCc4ccccc4)CC1N(Cc1ccc4c(c1)OCO4)C(=O)OCC)C32. The molecule has 69 heavy (non-hydrogen) atoms. The number of amides is 1. The van der Waals surface area contributed by atoms with Gasteiger partial charge in [0.1, 0.15) is 29.9 Å². The van der Waals surface area contributed by atoms with Gasteiger partial charge < -0.3 is 43.5 Å². The third kappa shape index (κ3) is 10.4. The third-order valence-electron chi connectivity index (χ3n) is 13.8. The van der Waals surface area contributed by atoms with E-state index in [-0.39, 0.29) is 70.5 Å². The van der Waals surface area contributed by atoms with Crippen LogP contribution in [-0.4, -0.2) is 72.0 Å². The monoisotopic (exact) mass is 934 g/mol. The zero-order chi connectivity index (χ0) is 47.6. The van der Waals surface area contributed by atoms with Crippen molar-refractivity contribution in [3.63, 3.8) is 0 Å². The maximum absolute atomic E-state index is 14.7. The summed E-state index contributed by atoms with van der Waals surface area (Å²) in [6.45, 7) is 6.80. The summed E-state index contributed by atoms with van der Waals surface area (Å²) in [4.78, 5) is 22.7. The van der Waals surface area contributed by atoms with E-state index in [1.165, 1.54) is 0 Å². The molecule has 1 fully saturated rings. The Morgan fingerprint density at radius 3 is 2.28 bits per heavy atom. The molecule has 360 valence electrons. The van der Waals surface area contributed by atoms with Gasteiger partial charge in [-0.05, 0) is 115 Å². The van der Waals surface area contributed by atoms with E-state index in [1.807, 2.05) is 91.0 Å². The minimum Gasteiger partial charge on any atom is -0.459 e. The number of aliphatic hydroxyl groups is 2. The standard InChI is InChI=1S/C57H62N2O10/c1-3-31-66-57-53(59(56(62)63-4-2)36-40-21-27-51-52(32-40)65-38-64-51)35-49(58-67-37-39-15-7-5-8-16-39)47-33-43(19-11-13-29-60)46(20-12-14-30-61)54(55(47)57)48-34-45(26-28-50(48)69-57)68-44-24-22-42(23-25-44)41-17-9-6-10-18-41/h3,5-10,15-18,21-28,32-34,43,46,53-55,60-61H,1,4,11-14,19-20,29-31,35-38H2,2H3. The van der Waals surface area contributed by atoms with Crippen molar-refractivity contribution >= 4 is 11.8 Å². The maximum atomic E-state index is 14.7. The Bertz CT molecular complexity index is 2580. The first-order chi connectivity index (χ1) is 33.9. The van der Waals surface area contributed by atoms with E-state index in [9.17, 15) is 15.0 Å². The highest BCUT2D eigenvalue weighted by Crippen LogP contribution is 2.62. The molecule has 2 aliphatic carbocycles. The number of aliphatic hydroxyl groups excluding tert-OH is 2. The molecule has 2 N–H and O–H groups in total. The van der Waals surface area contributed by atoms with Crippen LogP contribution in [-0.2, 0) is 27.5 Å². The first-order valence-electron chi connectivity index (χ1n) is 24.3. The fraction of sp³-hybridized carbons (Fsp3) is 0.368. The Kier molecular flexibility index (Phi) is 15.3. The van der Waals surface area contributed by atoms with Gasteiger partial charge in [-0.25, -0.2) is 4.79 Å². The van der Waals surface area contributed by atoms with Crippen LogP contribution in [0.4, 0.5) is 4.79 Å². The highest BCUT2D eigenvalue weighted by Gasteiger charge is 2.65. The van der Waals surface area contributed by atoms with Gasteiger partial charge in [0.15, 0.2) is 11.5 Å². The maximum Gasteiger partial charge on any atom is 0.410 e. The molecule has 12 heteroatoms. The number of oxime groups is 1. The van der Waals surface area contributed by atoms with Crippen molar-refractivity contribution in [3.8, 4) is 39.9 Å². The third-order valence-corrected chi connectivity index (χ3v) is 13.8. The second-order valence-corrected chi connectivity index (χ2v) is 18.0. The molecule has 6 atom stereocenters. The number of allylic oxidation sites excluding steroid dienone is 1. The van der Waals surface area contributed by atoms with Crippen LogP contribution in [0, 0.1) is 17.8 Å². The largest absolute Gasteiger partial charge is 0.459 e. The first-order valence-corrected chi connectivity index (χ1v) is 24.3. The molecule has 6 unspecified atom stereocenters. The highest BCUT2D eigenvalue weighted by atomic mass is 16.7. The molecule has 12 nitrogen and oxygen atoms in total. The van der Waals surface area contributed by atoms with Gasteiger partial charge in [0.25, 0.3) is 0 Å². The summed E-state index contributed by atoms with van der Waals surface area (Å²) in [5.74, 6) is 0.999. The summed E-state index contributed by atoms with van der Waals surface area (Å²) in [5, 5.41) is 25.1. The Morgan fingerprint density at radius 1 is 0.812 bits per heavy atom. The molecule has 0 bridgehead atoms. The van der Waals surface area contributed by atoms with Crippen LogP contribution in [0.1, 0.15) is 74.5 Å². The summed E-state index contributed by atoms with van der Waals surface area (Å²) in [6.07, 6.45) is 8.24. The van der Waals surface area contributed by atoms with Gasteiger partial charge in [-0.15, -0.1) is 6.58 Å². The molecule has 4 aliphatic rings. The zero-order valence-corrected chi connectivity index (χ0v) is 39.2. The predicted octanol–water partition coefficient (Wildman–Crippen LogP) is 11.4. The second-order valence-electron chi connectivity index (χ2n) is 18.0. The van der Waals surface area contributed by atoms with Gasteiger partial charge in [0.05, 0.1) is 24.8 Å². The average Bonchev–Trinajstić information content (AvgIpc) is 3.85. The molecule has 0 radical (unpaired) electrons. The number of nitrogens with zero attached hydrogens (tertiary/aromatic N) is 2. The van der Waals surface area contributed by atoms with Crippen molar-refractivity contribution in [2.45, 2.75) is 82.8 Å². The van der Waals surface area contributed by atoms with Gasteiger partial charge in [0.2, 0.25) is 12.6 Å². The van der Waals surface area contributed by atoms with E-state index in [0.717, 1.165) is 59.1 Å². The fourth-order valence-electron chi connectivity index (χ4n) is 10.7. The molecule has 1 saturated carbocycles. The molecule has 1 amide bonds. The quantitative estimate of drug-likeness (QED) is 0.0415. The van der Waals surface area contributed by atoms with Crippen molar-refractivity contribution in [1.29, 1.82) is 0 Å². The number of carbonyl (C=O) groups excluding carboxylic acids is 1. The second kappa shape index (κ2) is 22.2. The molecule has 0 spiro atoms. The number of ether oxygens (including phenoxy) is 6. The van der Waals surface area contributed by atoms with Crippen molar-refractivity contribution in [2.75, 3.05) is 33.2 Å². The number of rotatable bonds is 21. The molecule has 5 aromatic rings. The number of hydrogen-bond donors (Lipinski definition) is 2. The van der Waals surface area contributed by atoms with Crippen LogP contribution in [0.3, 0.4) is 0 Å². The molecule has 2 aliphatic heterocycles. The Balaban J connectivity index is 1.21. The lowest BCUT2D eigenvalue weighted by Gasteiger charge is -2.59. The predicted molar refractivity (Wildman–Crippen MR) is 263 cm³/mol. The van der Waals surface area contributed by atoms with E-state index in [1.54, 1.807) is 17.9 Å². The minimum absolute atomic E-state index is 0.0221. The fourth-order valence-corrected chi connectivity index (χ4v) is 10.7. The molecular weight excluding hydrogens is 873 g/mol. The number of benzene rings is 5. The Labute approximate surface area is 404 Å². The Hall–Kier alpha value is -6.60. The van der Waals surface area contributed by atoms with Gasteiger partial charge in [0, 0.05) is 37.7 Å². The van der Waals surface area contributed by atoms with E-state index < -0.39 is 23.8 Å². The van der Waals surface area contributed by atoms with Crippen LogP contribution >= 0.6 is 0 Å². The van der Waals surface area contributed by atoms with Crippen molar-refractivity contribution in [1.82, 2.24) is 4.90 Å².